The second-order valence-corrected chi connectivity index (χ2v) is 2.69. The van der Waals surface area contributed by atoms with Crippen LogP contribution in [-0.4, -0.2) is 9.97 Å². The van der Waals surface area contributed by atoms with Crippen LogP contribution in [-0.2, 0) is 6.18 Å². The number of nitrogens with zero attached hydrogens (tertiary/aromatic N) is 1. The predicted molar refractivity (Wildman–Crippen MR) is 48.1 cm³/mol. The summed E-state index contributed by atoms with van der Waals surface area (Å²) in [5.41, 5.74) is 4.63. The van der Waals surface area contributed by atoms with Crippen molar-refractivity contribution in [3.05, 3.63) is 17.7 Å². The summed E-state index contributed by atoms with van der Waals surface area (Å²) in [4.78, 5) is 5.70. The topological polar surface area (TPSA) is 54.7 Å². The molecule has 0 saturated carbocycles. The molecule has 0 saturated heterocycles. The van der Waals surface area contributed by atoms with Gasteiger partial charge in [-0.3, -0.25) is 0 Å². The second-order valence-electron chi connectivity index (χ2n) is 2.69. The van der Waals surface area contributed by atoms with Crippen LogP contribution in [0.1, 0.15) is 30.9 Å². The minimum absolute atomic E-state index is 0. The summed E-state index contributed by atoms with van der Waals surface area (Å²) >= 11 is 0. The van der Waals surface area contributed by atoms with E-state index in [1.54, 1.807) is 6.92 Å². The molecule has 0 spiro atoms. The van der Waals surface area contributed by atoms with Crippen LogP contribution in [0, 0.1) is 0 Å². The van der Waals surface area contributed by atoms with Crippen molar-refractivity contribution < 1.29 is 13.2 Å². The summed E-state index contributed by atoms with van der Waals surface area (Å²) in [5, 5.41) is 0. The van der Waals surface area contributed by atoms with Crippen LogP contribution in [0.4, 0.5) is 13.2 Å². The van der Waals surface area contributed by atoms with Gasteiger partial charge in [-0.05, 0) is 6.42 Å². The molecule has 82 valence electrons. The lowest BCUT2D eigenvalue weighted by Crippen LogP contribution is -2.11. The van der Waals surface area contributed by atoms with Crippen molar-refractivity contribution >= 4 is 12.4 Å². The summed E-state index contributed by atoms with van der Waals surface area (Å²) in [6.45, 7) is 1.78. The van der Waals surface area contributed by atoms with Gasteiger partial charge in [-0.1, -0.05) is 6.92 Å². The van der Waals surface area contributed by atoms with Crippen molar-refractivity contribution in [2.75, 3.05) is 0 Å². The summed E-state index contributed by atoms with van der Waals surface area (Å²) < 4.78 is 36.2. The average Bonchev–Trinajstić information content (AvgIpc) is 2.50. The summed E-state index contributed by atoms with van der Waals surface area (Å²) in [5.74, 6) is 0.176. The van der Waals surface area contributed by atoms with E-state index in [9.17, 15) is 13.2 Å². The molecule has 1 unspecified atom stereocenters. The number of hydrogen-bond donors (Lipinski definition) is 2. The molecule has 0 fully saturated rings. The fraction of sp³-hybridized carbons (Fsp3) is 0.571. The minimum Gasteiger partial charge on any atom is -0.337 e. The number of halogens is 4. The number of nitrogens with two attached hydrogens (primary N) is 1. The zero-order chi connectivity index (χ0) is 10.1. The molecule has 3 N–H and O–H groups in total. The van der Waals surface area contributed by atoms with Crippen molar-refractivity contribution in [2.24, 2.45) is 5.73 Å². The number of rotatable bonds is 2. The van der Waals surface area contributed by atoms with Crippen LogP contribution < -0.4 is 5.73 Å². The highest BCUT2D eigenvalue weighted by molar-refractivity contribution is 5.85. The Hall–Kier alpha value is -0.750. The third-order valence-corrected chi connectivity index (χ3v) is 1.69. The molecule has 1 atom stereocenters. The van der Waals surface area contributed by atoms with E-state index in [1.165, 1.54) is 0 Å². The van der Waals surface area contributed by atoms with Gasteiger partial charge in [0, 0.05) is 0 Å². The van der Waals surface area contributed by atoms with Gasteiger partial charge < -0.3 is 10.7 Å². The summed E-state index contributed by atoms with van der Waals surface area (Å²) in [7, 11) is 0. The molecular formula is C7H11ClF3N3. The Morgan fingerprint density at radius 2 is 2.14 bits per heavy atom. The van der Waals surface area contributed by atoms with Crippen LogP contribution in [0.3, 0.4) is 0 Å². The lowest BCUT2D eigenvalue weighted by atomic mass is 10.2. The number of aromatic amines is 1. The normalized spacial score (nSPS) is 13.5. The molecule has 1 aromatic heterocycles. The van der Waals surface area contributed by atoms with Gasteiger partial charge in [0.05, 0.1) is 12.2 Å². The third kappa shape index (κ3) is 2.88. The zero-order valence-corrected chi connectivity index (χ0v) is 8.25. The maximum atomic E-state index is 12.1. The SMILES string of the molecule is CCC(N)c1ncc(C(F)(F)F)[nH]1.Cl. The van der Waals surface area contributed by atoms with Gasteiger partial charge in [0.2, 0.25) is 0 Å². The number of aromatic nitrogens is 2. The fourth-order valence-corrected chi connectivity index (χ4v) is 0.862. The van der Waals surface area contributed by atoms with Crippen LogP contribution in [0.25, 0.3) is 0 Å². The second kappa shape index (κ2) is 4.65. The first kappa shape index (κ1) is 13.2. The van der Waals surface area contributed by atoms with Crippen molar-refractivity contribution in [2.45, 2.75) is 25.6 Å². The number of alkyl halides is 3. The van der Waals surface area contributed by atoms with Gasteiger partial charge in [0.15, 0.2) is 0 Å². The fourth-order valence-electron chi connectivity index (χ4n) is 0.862. The first-order valence-electron chi connectivity index (χ1n) is 3.82. The molecule has 0 aliphatic carbocycles. The first-order chi connectivity index (χ1) is 5.95. The zero-order valence-electron chi connectivity index (χ0n) is 7.43. The third-order valence-electron chi connectivity index (χ3n) is 1.69. The molecule has 3 nitrogen and oxygen atoms in total. The number of imidazole rings is 1. The van der Waals surface area contributed by atoms with Crippen molar-refractivity contribution in [1.82, 2.24) is 9.97 Å². The molecule has 1 rings (SSSR count). The molecule has 0 amide bonds. The van der Waals surface area contributed by atoms with Gasteiger partial charge in [-0.2, -0.15) is 13.2 Å². The van der Waals surface area contributed by atoms with Crippen LogP contribution in [0.15, 0.2) is 6.20 Å². The van der Waals surface area contributed by atoms with E-state index in [-0.39, 0.29) is 18.2 Å². The lowest BCUT2D eigenvalue weighted by molar-refractivity contribution is -0.140. The molecule has 0 aliphatic heterocycles. The van der Waals surface area contributed by atoms with Crippen LogP contribution >= 0.6 is 12.4 Å². The Bertz CT molecular complexity index is 284. The molecule has 1 aromatic rings. The standard InChI is InChI=1S/C7H10F3N3.ClH/c1-2-4(11)6-12-3-5(13-6)7(8,9)10;/h3-4H,2,11H2,1H3,(H,12,13);1H. The van der Waals surface area contributed by atoms with Gasteiger partial charge in [-0.15, -0.1) is 12.4 Å². The van der Waals surface area contributed by atoms with Crippen molar-refractivity contribution in [1.29, 1.82) is 0 Å². The Kier molecular flexibility index (Phi) is 4.41. The molecular weight excluding hydrogens is 219 g/mol. The Morgan fingerprint density at radius 3 is 2.50 bits per heavy atom. The average molecular weight is 230 g/mol. The van der Waals surface area contributed by atoms with E-state index < -0.39 is 17.9 Å². The molecule has 7 heteroatoms. The molecule has 0 radical (unpaired) electrons. The highest BCUT2D eigenvalue weighted by atomic mass is 35.5. The van der Waals surface area contributed by atoms with Crippen LogP contribution in [0.5, 0.6) is 0 Å². The summed E-state index contributed by atoms with van der Waals surface area (Å²) in [6.07, 6.45) is -3.08. The number of nitrogens with one attached hydrogen (secondary N) is 1. The van der Waals surface area contributed by atoms with Crippen molar-refractivity contribution in [3.63, 3.8) is 0 Å². The van der Waals surface area contributed by atoms with Gasteiger partial charge in [0.25, 0.3) is 0 Å². The molecule has 1 heterocycles. The number of hydrogen-bond acceptors (Lipinski definition) is 2. The summed E-state index contributed by atoms with van der Waals surface area (Å²) in [6, 6.07) is -0.462. The predicted octanol–water partition coefficient (Wildman–Crippen LogP) is 2.26. The van der Waals surface area contributed by atoms with E-state index in [0.717, 1.165) is 6.20 Å². The Labute approximate surface area is 85.3 Å². The monoisotopic (exact) mass is 229 g/mol. The van der Waals surface area contributed by atoms with E-state index in [4.69, 9.17) is 5.73 Å². The van der Waals surface area contributed by atoms with E-state index in [2.05, 4.69) is 9.97 Å². The minimum atomic E-state index is -4.38. The highest BCUT2D eigenvalue weighted by Crippen LogP contribution is 2.28. The molecule has 0 aliphatic rings. The Morgan fingerprint density at radius 1 is 1.57 bits per heavy atom. The highest BCUT2D eigenvalue weighted by Gasteiger charge is 2.33. The van der Waals surface area contributed by atoms with E-state index in [0.29, 0.717) is 6.42 Å². The van der Waals surface area contributed by atoms with Gasteiger partial charge >= 0.3 is 6.18 Å². The molecule has 0 aromatic carbocycles. The van der Waals surface area contributed by atoms with Crippen molar-refractivity contribution in [3.8, 4) is 0 Å². The smallest absolute Gasteiger partial charge is 0.337 e. The maximum Gasteiger partial charge on any atom is 0.432 e. The Balaban J connectivity index is 0.00000169. The van der Waals surface area contributed by atoms with Crippen LogP contribution in [0.2, 0.25) is 0 Å². The molecule has 14 heavy (non-hydrogen) atoms. The lowest BCUT2D eigenvalue weighted by Gasteiger charge is -2.04. The van der Waals surface area contributed by atoms with E-state index in [1.807, 2.05) is 0 Å². The van der Waals surface area contributed by atoms with E-state index >= 15 is 0 Å². The quantitative estimate of drug-likeness (QED) is 0.817. The number of H-pyrrole nitrogens is 1. The molecule has 0 bridgehead atoms. The van der Waals surface area contributed by atoms with Gasteiger partial charge in [-0.25, -0.2) is 4.98 Å². The largest absolute Gasteiger partial charge is 0.432 e. The first-order valence-corrected chi connectivity index (χ1v) is 3.82. The maximum absolute atomic E-state index is 12.1. The van der Waals surface area contributed by atoms with Gasteiger partial charge in [0.1, 0.15) is 11.5 Å².